The van der Waals surface area contributed by atoms with Crippen LogP contribution in [0.15, 0.2) is 12.1 Å². The predicted molar refractivity (Wildman–Crippen MR) is 74.7 cm³/mol. The highest BCUT2D eigenvalue weighted by molar-refractivity contribution is 6.42. The van der Waals surface area contributed by atoms with Crippen molar-refractivity contribution in [2.45, 2.75) is 26.0 Å². The zero-order valence-electron chi connectivity index (χ0n) is 10.5. The van der Waals surface area contributed by atoms with Crippen LogP contribution < -0.4 is 0 Å². The van der Waals surface area contributed by atoms with Crippen LogP contribution in [0.1, 0.15) is 13.3 Å². The lowest BCUT2D eigenvalue weighted by Crippen LogP contribution is -2.19. The van der Waals surface area contributed by atoms with Crippen LogP contribution in [0.4, 0.5) is 0 Å². The highest BCUT2D eigenvalue weighted by Crippen LogP contribution is 2.26. The first kappa shape index (κ1) is 14.5. The molecule has 1 atom stereocenters. The number of fused-ring (bicyclic) bond motifs is 1. The SMILES string of the molecule is CCOCCC(O)Cn1nnc2cc(Cl)c(Cl)cc21. The van der Waals surface area contributed by atoms with Crippen molar-refractivity contribution in [1.82, 2.24) is 15.0 Å². The largest absolute Gasteiger partial charge is 0.391 e. The highest BCUT2D eigenvalue weighted by atomic mass is 35.5. The minimum atomic E-state index is -0.536. The van der Waals surface area contributed by atoms with Gasteiger partial charge < -0.3 is 9.84 Å². The molecule has 0 saturated carbocycles. The third kappa shape index (κ3) is 3.57. The van der Waals surface area contributed by atoms with Crippen LogP contribution in [-0.4, -0.2) is 39.4 Å². The second-order valence-corrected chi connectivity index (χ2v) is 4.98. The Morgan fingerprint density at radius 3 is 2.84 bits per heavy atom. The maximum Gasteiger partial charge on any atom is 0.114 e. The van der Waals surface area contributed by atoms with E-state index in [2.05, 4.69) is 10.3 Å². The molecule has 0 aliphatic carbocycles. The van der Waals surface area contributed by atoms with Crippen molar-refractivity contribution in [2.75, 3.05) is 13.2 Å². The Morgan fingerprint density at radius 1 is 1.37 bits per heavy atom. The number of halogens is 2. The standard InChI is InChI=1S/C12H15Cl2N3O2/c1-2-19-4-3-8(18)7-17-12-6-10(14)9(13)5-11(12)15-16-17/h5-6,8,18H,2-4,7H2,1H3. The molecule has 1 N–H and O–H groups in total. The molecule has 0 amide bonds. The van der Waals surface area contributed by atoms with Crippen LogP contribution in [0.25, 0.3) is 11.0 Å². The summed E-state index contributed by atoms with van der Waals surface area (Å²) in [6, 6.07) is 3.36. The number of aliphatic hydroxyl groups excluding tert-OH is 1. The summed E-state index contributed by atoms with van der Waals surface area (Å²) < 4.78 is 6.82. The van der Waals surface area contributed by atoms with Crippen molar-refractivity contribution in [3.63, 3.8) is 0 Å². The Kier molecular flexibility index (Phi) is 4.99. The minimum Gasteiger partial charge on any atom is -0.391 e. The normalized spacial score (nSPS) is 13.1. The van der Waals surface area contributed by atoms with E-state index in [-0.39, 0.29) is 0 Å². The van der Waals surface area contributed by atoms with Crippen LogP contribution in [-0.2, 0) is 11.3 Å². The molecular formula is C12H15Cl2N3O2. The summed E-state index contributed by atoms with van der Waals surface area (Å²) in [4.78, 5) is 0. The van der Waals surface area contributed by atoms with Crippen LogP contribution in [0.3, 0.4) is 0 Å². The highest BCUT2D eigenvalue weighted by Gasteiger charge is 2.12. The number of ether oxygens (including phenoxy) is 1. The van der Waals surface area contributed by atoms with Crippen molar-refractivity contribution in [1.29, 1.82) is 0 Å². The zero-order valence-corrected chi connectivity index (χ0v) is 12.0. The Morgan fingerprint density at radius 2 is 2.11 bits per heavy atom. The minimum absolute atomic E-state index is 0.349. The van der Waals surface area contributed by atoms with Gasteiger partial charge in [0.05, 0.1) is 28.2 Å². The van der Waals surface area contributed by atoms with E-state index in [1.54, 1.807) is 16.8 Å². The Bertz CT molecular complexity index is 559. The molecular weight excluding hydrogens is 289 g/mol. The molecule has 0 radical (unpaired) electrons. The summed E-state index contributed by atoms with van der Waals surface area (Å²) in [5.41, 5.74) is 1.41. The number of benzene rings is 1. The van der Waals surface area contributed by atoms with E-state index in [1.165, 1.54) is 0 Å². The van der Waals surface area contributed by atoms with Crippen molar-refractivity contribution in [3.05, 3.63) is 22.2 Å². The third-order valence-electron chi connectivity index (χ3n) is 2.74. The zero-order chi connectivity index (χ0) is 13.8. The van der Waals surface area contributed by atoms with Gasteiger partial charge in [0.25, 0.3) is 0 Å². The van der Waals surface area contributed by atoms with Crippen LogP contribution in [0.5, 0.6) is 0 Å². The molecule has 1 aromatic carbocycles. The fourth-order valence-electron chi connectivity index (χ4n) is 1.75. The van der Waals surface area contributed by atoms with E-state index in [0.29, 0.717) is 41.7 Å². The van der Waals surface area contributed by atoms with E-state index in [1.807, 2.05) is 6.92 Å². The van der Waals surface area contributed by atoms with Crippen molar-refractivity contribution in [3.8, 4) is 0 Å². The third-order valence-corrected chi connectivity index (χ3v) is 3.46. The molecule has 2 rings (SSSR count). The molecule has 0 aliphatic heterocycles. The van der Waals surface area contributed by atoms with Crippen LogP contribution >= 0.6 is 23.2 Å². The van der Waals surface area contributed by atoms with Crippen LogP contribution in [0, 0.1) is 0 Å². The maximum atomic E-state index is 9.90. The van der Waals surface area contributed by atoms with Crippen molar-refractivity contribution < 1.29 is 9.84 Å². The number of hydrogen-bond donors (Lipinski definition) is 1. The second-order valence-electron chi connectivity index (χ2n) is 4.17. The first-order valence-electron chi connectivity index (χ1n) is 6.06. The van der Waals surface area contributed by atoms with Gasteiger partial charge in [0.2, 0.25) is 0 Å². The number of nitrogens with zero attached hydrogens (tertiary/aromatic N) is 3. The lowest BCUT2D eigenvalue weighted by Gasteiger charge is -2.10. The molecule has 2 aromatic rings. The van der Waals surface area contributed by atoms with Gasteiger partial charge in [-0.05, 0) is 25.5 Å². The quantitative estimate of drug-likeness (QED) is 0.833. The van der Waals surface area contributed by atoms with Crippen LogP contribution in [0.2, 0.25) is 10.0 Å². The topological polar surface area (TPSA) is 60.2 Å². The molecule has 1 heterocycles. The number of aliphatic hydroxyl groups is 1. The fraction of sp³-hybridized carbons (Fsp3) is 0.500. The summed E-state index contributed by atoms with van der Waals surface area (Å²) in [6.07, 6.45) is 0.0159. The average Bonchev–Trinajstić information content (AvgIpc) is 2.73. The summed E-state index contributed by atoms with van der Waals surface area (Å²) in [7, 11) is 0. The van der Waals surface area contributed by atoms with Gasteiger partial charge in [0.1, 0.15) is 5.52 Å². The van der Waals surface area contributed by atoms with Crippen molar-refractivity contribution in [2.24, 2.45) is 0 Å². The summed E-state index contributed by atoms with van der Waals surface area (Å²) in [6.45, 7) is 3.44. The molecule has 1 aromatic heterocycles. The Labute approximate surface area is 121 Å². The lowest BCUT2D eigenvalue weighted by molar-refractivity contribution is 0.0781. The number of hydrogen-bond acceptors (Lipinski definition) is 4. The summed E-state index contributed by atoms with van der Waals surface area (Å²) in [5, 5.41) is 18.8. The number of aromatic nitrogens is 3. The molecule has 0 aliphatic rings. The van der Waals surface area contributed by atoms with Crippen molar-refractivity contribution >= 4 is 34.2 Å². The van der Waals surface area contributed by atoms with Gasteiger partial charge in [-0.3, -0.25) is 0 Å². The fourth-order valence-corrected chi connectivity index (χ4v) is 2.07. The molecule has 1 unspecified atom stereocenters. The molecule has 5 nitrogen and oxygen atoms in total. The van der Waals surface area contributed by atoms with Gasteiger partial charge in [-0.2, -0.15) is 0 Å². The Balaban J connectivity index is 2.10. The maximum absolute atomic E-state index is 9.90. The molecule has 0 bridgehead atoms. The van der Waals surface area contributed by atoms with Gasteiger partial charge in [0.15, 0.2) is 0 Å². The lowest BCUT2D eigenvalue weighted by atomic mass is 10.2. The molecule has 104 valence electrons. The monoisotopic (exact) mass is 303 g/mol. The smallest absolute Gasteiger partial charge is 0.114 e. The molecule has 19 heavy (non-hydrogen) atoms. The van der Waals surface area contributed by atoms with Gasteiger partial charge in [-0.1, -0.05) is 28.4 Å². The summed E-state index contributed by atoms with van der Waals surface area (Å²) >= 11 is 11.9. The van der Waals surface area contributed by atoms with Gasteiger partial charge in [0, 0.05) is 13.2 Å². The molecule has 0 saturated heterocycles. The van der Waals surface area contributed by atoms with E-state index < -0.39 is 6.10 Å². The van der Waals surface area contributed by atoms with E-state index >= 15 is 0 Å². The van der Waals surface area contributed by atoms with Gasteiger partial charge >= 0.3 is 0 Å². The first-order valence-corrected chi connectivity index (χ1v) is 6.81. The number of rotatable bonds is 6. The molecule has 7 heteroatoms. The van der Waals surface area contributed by atoms with E-state index in [0.717, 1.165) is 5.52 Å². The van der Waals surface area contributed by atoms with E-state index in [9.17, 15) is 5.11 Å². The predicted octanol–water partition coefficient (Wildman–Crippen LogP) is 2.53. The van der Waals surface area contributed by atoms with Gasteiger partial charge in [-0.15, -0.1) is 5.10 Å². The summed E-state index contributed by atoms with van der Waals surface area (Å²) in [5.74, 6) is 0. The second kappa shape index (κ2) is 6.52. The first-order chi connectivity index (χ1) is 9.11. The molecule has 0 fully saturated rings. The van der Waals surface area contributed by atoms with E-state index in [4.69, 9.17) is 27.9 Å². The Hall–Kier alpha value is -0.880. The van der Waals surface area contributed by atoms with Gasteiger partial charge in [-0.25, -0.2) is 4.68 Å². The average molecular weight is 304 g/mol. The molecule has 0 spiro atoms.